The number of ether oxygens (including phenoxy) is 1. The van der Waals surface area contributed by atoms with Crippen molar-refractivity contribution in [1.82, 2.24) is 9.29 Å². The second-order valence-corrected chi connectivity index (χ2v) is 10.7. The van der Waals surface area contributed by atoms with Crippen molar-refractivity contribution in [3.63, 3.8) is 0 Å². The van der Waals surface area contributed by atoms with Crippen molar-refractivity contribution in [3.05, 3.63) is 23.9 Å². The van der Waals surface area contributed by atoms with Crippen LogP contribution in [0.5, 0.6) is 5.75 Å². The van der Waals surface area contributed by atoms with Crippen LogP contribution in [0.25, 0.3) is 10.4 Å². The smallest absolute Gasteiger partial charge is 0.226 e. The molecular weight excluding hydrogens is 434 g/mol. The maximum atomic E-state index is 13.1. The molecule has 1 amide bonds. The van der Waals surface area contributed by atoms with Gasteiger partial charge in [-0.05, 0) is 55.9 Å². The molecule has 2 fully saturated rings. The Morgan fingerprint density at radius 1 is 1.35 bits per heavy atom. The zero-order chi connectivity index (χ0) is 22.0. The second kappa shape index (κ2) is 9.77. The molecule has 0 bridgehead atoms. The number of nitrogens with zero attached hydrogens (tertiary/aromatic N) is 2. The SMILES string of the molecule is COc1ccc(-c2sc(NC(=O)CC3CCCC3)nc2C)cc1S(=O)N1CCC(O)C1. The topological polar surface area (TPSA) is 91.8 Å². The Bertz CT molecular complexity index is 972. The number of hydrogen-bond acceptors (Lipinski definition) is 6. The molecule has 2 unspecified atom stereocenters. The van der Waals surface area contributed by atoms with E-state index in [9.17, 15) is 14.1 Å². The lowest BCUT2D eigenvalue weighted by molar-refractivity contribution is -0.117. The van der Waals surface area contributed by atoms with Crippen molar-refractivity contribution in [3.8, 4) is 16.2 Å². The number of methoxy groups -OCH3 is 1. The molecule has 0 spiro atoms. The minimum absolute atomic E-state index is 0.0244. The van der Waals surface area contributed by atoms with Gasteiger partial charge in [0.2, 0.25) is 5.91 Å². The number of benzene rings is 1. The van der Waals surface area contributed by atoms with Crippen LogP contribution >= 0.6 is 11.3 Å². The van der Waals surface area contributed by atoms with E-state index < -0.39 is 17.1 Å². The molecule has 2 heterocycles. The number of thiazole rings is 1. The van der Waals surface area contributed by atoms with Crippen LogP contribution in [0, 0.1) is 12.8 Å². The molecule has 2 aromatic rings. The summed E-state index contributed by atoms with van der Waals surface area (Å²) in [6.45, 7) is 2.88. The number of β-amino-alcohol motifs (C(OH)–C–C–N with tert-alkyl or cyclic N) is 1. The van der Waals surface area contributed by atoms with Gasteiger partial charge in [0.15, 0.2) is 5.13 Å². The third kappa shape index (κ3) is 5.16. The Balaban J connectivity index is 1.53. The fourth-order valence-corrected chi connectivity index (χ4v) is 6.71. The molecule has 168 valence electrons. The fraction of sp³-hybridized carbons (Fsp3) is 0.545. The number of carbonyl (C=O) groups is 1. The summed E-state index contributed by atoms with van der Waals surface area (Å²) in [6, 6.07) is 5.60. The highest BCUT2D eigenvalue weighted by atomic mass is 32.2. The van der Waals surface area contributed by atoms with Gasteiger partial charge in [-0.3, -0.25) is 4.79 Å². The lowest BCUT2D eigenvalue weighted by atomic mass is 10.0. The summed E-state index contributed by atoms with van der Waals surface area (Å²) in [5.41, 5.74) is 1.70. The number of carbonyl (C=O) groups excluding carboxylic acids is 1. The third-order valence-corrected chi connectivity index (χ3v) is 8.58. The minimum atomic E-state index is -1.42. The highest BCUT2D eigenvalue weighted by Crippen LogP contribution is 2.37. The first kappa shape index (κ1) is 22.4. The van der Waals surface area contributed by atoms with Gasteiger partial charge in [-0.2, -0.15) is 0 Å². The van der Waals surface area contributed by atoms with E-state index in [2.05, 4.69) is 10.3 Å². The standard InChI is InChI=1S/C22H29N3O4S2/c1-14-21(30-22(23-14)24-20(27)11-15-5-3-4-6-15)16-7-8-18(29-2)19(12-16)31(28)25-10-9-17(26)13-25/h7-8,12,15,17,26H,3-6,9-11,13H2,1-2H3,(H,23,24,27). The van der Waals surface area contributed by atoms with Gasteiger partial charge in [0, 0.05) is 19.5 Å². The zero-order valence-corrected chi connectivity index (χ0v) is 19.6. The minimum Gasteiger partial charge on any atom is -0.495 e. The lowest BCUT2D eigenvalue weighted by Crippen LogP contribution is -2.25. The predicted octanol–water partition coefficient (Wildman–Crippen LogP) is 3.74. The van der Waals surface area contributed by atoms with Crippen molar-refractivity contribution < 1.29 is 18.8 Å². The van der Waals surface area contributed by atoms with Gasteiger partial charge in [-0.1, -0.05) is 24.2 Å². The van der Waals surface area contributed by atoms with Gasteiger partial charge in [-0.15, -0.1) is 0 Å². The van der Waals surface area contributed by atoms with Crippen LogP contribution < -0.4 is 10.1 Å². The normalized spacial score (nSPS) is 20.8. The van der Waals surface area contributed by atoms with Gasteiger partial charge >= 0.3 is 0 Å². The molecule has 7 nitrogen and oxygen atoms in total. The number of rotatable bonds is 7. The summed E-state index contributed by atoms with van der Waals surface area (Å²) < 4.78 is 20.3. The Hall–Kier alpha value is -1.81. The maximum absolute atomic E-state index is 13.1. The first-order valence-electron chi connectivity index (χ1n) is 10.7. The summed E-state index contributed by atoms with van der Waals surface area (Å²) in [5.74, 6) is 1.07. The van der Waals surface area contributed by atoms with Crippen molar-refractivity contribution in [2.45, 2.75) is 56.4 Å². The van der Waals surface area contributed by atoms with Crippen LogP contribution in [0.1, 0.15) is 44.2 Å². The van der Waals surface area contributed by atoms with Crippen LogP contribution in [0.4, 0.5) is 5.13 Å². The second-order valence-electron chi connectivity index (χ2n) is 8.28. The van der Waals surface area contributed by atoms with E-state index in [1.807, 2.05) is 25.1 Å². The molecule has 4 rings (SSSR count). The molecule has 31 heavy (non-hydrogen) atoms. The number of nitrogens with one attached hydrogen (secondary N) is 1. The van der Waals surface area contributed by atoms with Crippen LogP contribution in [0.2, 0.25) is 0 Å². The van der Waals surface area contributed by atoms with E-state index in [4.69, 9.17) is 4.74 Å². The number of hydrogen-bond donors (Lipinski definition) is 2. The first-order chi connectivity index (χ1) is 14.9. The molecule has 1 aliphatic carbocycles. The zero-order valence-electron chi connectivity index (χ0n) is 17.9. The largest absolute Gasteiger partial charge is 0.495 e. The van der Waals surface area contributed by atoms with Crippen LogP contribution in [-0.4, -0.2) is 50.8 Å². The summed E-state index contributed by atoms with van der Waals surface area (Å²) in [7, 11) is 0.136. The van der Waals surface area contributed by atoms with Crippen LogP contribution in [-0.2, 0) is 15.8 Å². The van der Waals surface area contributed by atoms with Crippen molar-refractivity contribution >= 4 is 33.4 Å². The average Bonchev–Trinajstić information content (AvgIpc) is 3.49. The first-order valence-corrected chi connectivity index (χ1v) is 12.7. The summed E-state index contributed by atoms with van der Waals surface area (Å²) in [6.07, 6.45) is 5.43. The molecule has 1 aliphatic heterocycles. The summed E-state index contributed by atoms with van der Waals surface area (Å²) in [4.78, 5) is 18.4. The number of anilines is 1. The number of aliphatic hydroxyl groups is 1. The predicted molar refractivity (Wildman–Crippen MR) is 123 cm³/mol. The monoisotopic (exact) mass is 463 g/mol. The average molecular weight is 464 g/mol. The van der Waals surface area contributed by atoms with E-state index in [0.29, 0.717) is 47.6 Å². The quantitative estimate of drug-likeness (QED) is 0.653. The third-order valence-electron chi connectivity index (χ3n) is 5.97. The van der Waals surface area contributed by atoms with E-state index in [1.54, 1.807) is 11.4 Å². The molecule has 2 aliphatic rings. The van der Waals surface area contributed by atoms with Crippen molar-refractivity contribution in [2.75, 3.05) is 25.5 Å². The molecule has 1 saturated heterocycles. The van der Waals surface area contributed by atoms with E-state index in [1.165, 1.54) is 24.2 Å². The molecule has 0 radical (unpaired) electrons. The van der Waals surface area contributed by atoms with Gasteiger partial charge in [0.1, 0.15) is 16.7 Å². The van der Waals surface area contributed by atoms with E-state index >= 15 is 0 Å². The Morgan fingerprint density at radius 3 is 2.81 bits per heavy atom. The Kier molecular flexibility index (Phi) is 7.05. The molecular formula is C22H29N3O4S2. The highest BCUT2D eigenvalue weighted by molar-refractivity contribution is 7.82. The maximum Gasteiger partial charge on any atom is 0.226 e. The van der Waals surface area contributed by atoms with Crippen molar-refractivity contribution in [1.29, 1.82) is 0 Å². The molecule has 1 aromatic carbocycles. The van der Waals surface area contributed by atoms with Crippen molar-refractivity contribution in [2.24, 2.45) is 5.92 Å². The number of aryl methyl sites for hydroxylation is 1. The van der Waals surface area contributed by atoms with Crippen LogP contribution in [0.15, 0.2) is 23.1 Å². The fourth-order valence-electron chi connectivity index (χ4n) is 4.32. The summed E-state index contributed by atoms with van der Waals surface area (Å²) in [5, 5.41) is 13.4. The number of aliphatic hydroxyl groups excluding tert-OH is 1. The number of aromatic nitrogens is 1. The highest BCUT2D eigenvalue weighted by Gasteiger charge is 2.28. The molecule has 9 heteroatoms. The Morgan fingerprint density at radius 2 is 2.13 bits per heavy atom. The van der Waals surface area contributed by atoms with Gasteiger partial charge in [-0.25, -0.2) is 13.5 Å². The van der Waals surface area contributed by atoms with Gasteiger partial charge < -0.3 is 15.2 Å². The van der Waals surface area contributed by atoms with E-state index in [-0.39, 0.29) is 5.91 Å². The number of amides is 1. The van der Waals surface area contributed by atoms with E-state index in [0.717, 1.165) is 29.0 Å². The Labute approximate surface area is 189 Å². The van der Waals surface area contributed by atoms with Gasteiger partial charge in [0.25, 0.3) is 0 Å². The van der Waals surface area contributed by atoms with Crippen LogP contribution in [0.3, 0.4) is 0 Å². The molecule has 1 saturated carbocycles. The lowest BCUT2D eigenvalue weighted by Gasteiger charge is -2.17. The molecule has 2 atom stereocenters. The molecule has 1 aromatic heterocycles. The van der Waals surface area contributed by atoms with Gasteiger partial charge in [0.05, 0.1) is 28.7 Å². The molecule has 2 N–H and O–H groups in total. The summed E-state index contributed by atoms with van der Waals surface area (Å²) >= 11 is 1.43.